The van der Waals surface area contributed by atoms with E-state index in [0.29, 0.717) is 38.8 Å². The SMILES string of the molecule is CN=C(NCCNC(=O)C1CC1)NCc1ccc(C)cc1OCCCOC. The van der Waals surface area contributed by atoms with Crippen molar-refractivity contribution in [2.24, 2.45) is 10.9 Å². The number of nitrogens with zero attached hydrogens (tertiary/aromatic N) is 1. The van der Waals surface area contributed by atoms with Crippen molar-refractivity contribution < 1.29 is 14.3 Å². The fourth-order valence-corrected chi connectivity index (χ4v) is 2.58. The number of rotatable bonds is 11. The molecule has 7 nitrogen and oxygen atoms in total. The molecule has 1 fully saturated rings. The van der Waals surface area contributed by atoms with E-state index in [1.54, 1.807) is 14.2 Å². The molecule has 1 saturated carbocycles. The van der Waals surface area contributed by atoms with Gasteiger partial charge in [0.15, 0.2) is 5.96 Å². The Balaban J connectivity index is 1.76. The number of ether oxygens (including phenoxy) is 2. The highest BCUT2D eigenvalue weighted by Gasteiger charge is 2.28. The zero-order chi connectivity index (χ0) is 19.5. The van der Waals surface area contributed by atoms with Gasteiger partial charge < -0.3 is 25.4 Å². The van der Waals surface area contributed by atoms with E-state index in [-0.39, 0.29) is 11.8 Å². The summed E-state index contributed by atoms with van der Waals surface area (Å²) in [6.07, 6.45) is 2.90. The average Bonchev–Trinajstić information content (AvgIpc) is 3.51. The van der Waals surface area contributed by atoms with Gasteiger partial charge in [0.05, 0.1) is 6.61 Å². The maximum absolute atomic E-state index is 11.6. The molecule has 1 aromatic carbocycles. The van der Waals surface area contributed by atoms with Gasteiger partial charge in [0.25, 0.3) is 0 Å². The van der Waals surface area contributed by atoms with Crippen molar-refractivity contribution in [1.29, 1.82) is 0 Å². The van der Waals surface area contributed by atoms with Crippen molar-refractivity contribution in [3.63, 3.8) is 0 Å². The Bertz CT molecular complexity index is 630. The Morgan fingerprint density at radius 2 is 1.96 bits per heavy atom. The van der Waals surface area contributed by atoms with E-state index in [9.17, 15) is 4.79 Å². The van der Waals surface area contributed by atoms with Crippen LogP contribution in [-0.4, -0.2) is 52.3 Å². The molecule has 3 N–H and O–H groups in total. The van der Waals surface area contributed by atoms with Crippen molar-refractivity contribution in [1.82, 2.24) is 16.0 Å². The minimum atomic E-state index is 0.162. The van der Waals surface area contributed by atoms with Crippen LogP contribution in [0.15, 0.2) is 23.2 Å². The molecule has 0 saturated heterocycles. The highest BCUT2D eigenvalue weighted by Crippen LogP contribution is 2.28. The number of amides is 1. The van der Waals surface area contributed by atoms with Crippen LogP contribution < -0.4 is 20.7 Å². The zero-order valence-electron chi connectivity index (χ0n) is 16.6. The first-order valence-electron chi connectivity index (χ1n) is 9.57. The first-order valence-corrected chi connectivity index (χ1v) is 9.57. The van der Waals surface area contributed by atoms with Gasteiger partial charge in [-0.15, -0.1) is 0 Å². The summed E-state index contributed by atoms with van der Waals surface area (Å²) in [5.74, 6) is 1.98. The van der Waals surface area contributed by atoms with Gasteiger partial charge in [-0.05, 0) is 31.4 Å². The molecule has 1 aliphatic carbocycles. The molecule has 0 radical (unpaired) electrons. The largest absolute Gasteiger partial charge is 0.493 e. The molecule has 1 amide bonds. The van der Waals surface area contributed by atoms with E-state index in [2.05, 4.69) is 40.0 Å². The lowest BCUT2D eigenvalue weighted by molar-refractivity contribution is -0.122. The van der Waals surface area contributed by atoms with Gasteiger partial charge >= 0.3 is 0 Å². The molecule has 27 heavy (non-hydrogen) atoms. The molecule has 0 aromatic heterocycles. The van der Waals surface area contributed by atoms with Crippen LogP contribution in [0.5, 0.6) is 5.75 Å². The molecule has 0 spiro atoms. The second kappa shape index (κ2) is 11.4. The Labute approximate surface area is 161 Å². The van der Waals surface area contributed by atoms with Crippen LogP contribution in [0.25, 0.3) is 0 Å². The summed E-state index contributed by atoms with van der Waals surface area (Å²) in [4.78, 5) is 15.8. The molecule has 150 valence electrons. The molecule has 0 heterocycles. The lowest BCUT2D eigenvalue weighted by Crippen LogP contribution is -2.41. The van der Waals surface area contributed by atoms with Crippen molar-refractivity contribution in [3.05, 3.63) is 29.3 Å². The molecular weight excluding hydrogens is 344 g/mol. The number of nitrogens with one attached hydrogen (secondary N) is 3. The standard InChI is InChI=1S/C20H32N4O3/c1-15-5-6-17(18(13-15)27-12-4-11-26-3)14-24-20(21-2)23-10-9-22-19(25)16-7-8-16/h5-6,13,16H,4,7-12,14H2,1-3H3,(H,22,25)(H2,21,23,24). The molecule has 1 aromatic rings. The molecular formula is C20H32N4O3. The van der Waals surface area contributed by atoms with Crippen LogP contribution in [0.1, 0.15) is 30.4 Å². The van der Waals surface area contributed by atoms with Gasteiger partial charge in [0, 0.05) is 58.3 Å². The molecule has 0 bridgehead atoms. The number of carbonyl (C=O) groups is 1. The molecule has 2 rings (SSSR count). The van der Waals surface area contributed by atoms with E-state index in [0.717, 1.165) is 36.1 Å². The normalized spacial score (nSPS) is 14.0. The third-order valence-corrected chi connectivity index (χ3v) is 4.31. The molecule has 7 heteroatoms. The lowest BCUT2D eigenvalue weighted by atomic mass is 10.1. The maximum Gasteiger partial charge on any atom is 0.223 e. The van der Waals surface area contributed by atoms with Crippen LogP contribution in [0.4, 0.5) is 0 Å². The topological polar surface area (TPSA) is 84.0 Å². The highest BCUT2D eigenvalue weighted by molar-refractivity contribution is 5.81. The second-order valence-corrected chi connectivity index (χ2v) is 6.72. The number of hydrogen-bond acceptors (Lipinski definition) is 4. The van der Waals surface area contributed by atoms with E-state index >= 15 is 0 Å². The number of methoxy groups -OCH3 is 1. The monoisotopic (exact) mass is 376 g/mol. The van der Waals surface area contributed by atoms with Gasteiger partial charge in [-0.2, -0.15) is 0 Å². The quantitative estimate of drug-likeness (QED) is 0.310. The van der Waals surface area contributed by atoms with Crippen LogP contribution >= 0.6 is 0 Å². The number of guanidine groups is 1. The van der Waals surface area contributed by atoms with Gasteiger partial charge in [0.1, 0.15) is 5.75 Å². The summed E-state index contributed by atoms with van der Waals surface area (Å²) in [5.41, 5.74) is 2.23. The Morgan fingerprint density at radius 3 is 2.67 bits per heavy atom. The van der Waals surface area contributed by atoms with E-state index in [1.807, 2.05) is 6.07 Å². The van der Waals surface area contributed by atoms with Crippen molar-refractivity contribution in [3.8, 4) is 5.75 Å². The first-order chi connectivity index (χ1) is 13.1. The van der Waals surface area contributed by atoms with Gasteiger partial charge in [-0.1, -0.05) is 12.1 Å². The van der Waals surface area contributed by atoms with Crippen molar-refractivity contribution in [2.75, 3.05) is 40.5 Å². The fraction of sp³-hybridized carbons (Fsp3) is 0.600. The number of aryl methyl sites for hydroxylation is 1. The third kappa shape index (κ3) is 7.86. The zero-order valence-corrected chi connectivity index (χ0v) is 16.6. The second-order valence-electron chi connectivity index (χ2n) is 6.72. The van der Waals surface area contributed by atoms with E-state index < -0.39 is 0 Å². The maximum atomic E-state index is 11.6. The molecule has 0 unspecified atom stereocenters. The highest BCUT2D eigenvalue weighted by atomic mass is 16.5. The summed E-state index contributed by atoms with van der Waals surface area (Å²) in [7, 11) is 3.42. The summed E-state index contributed by atoms with van der Waals surface area (Å²) in [5, 5.41) is 9.44. The smallest absolute Gasteiger partial charge is 0.223 e. The summed E-state index contributed by atoms with van der Waals surface area (Å²) in [6.45, 7) is 5.19. The summed E-state index contributed by atoms with van der Waals surface area (Å²) >= 11 is 0. The minimum absolute atomic E-state index is 0.162. The Hall–Kier alpha value is -2.28. The van der Waals surface area contributed by atoms with Crippen LogP contribution in [0.3, 0.4) is 0 Å². The number of carbonyl (C=O) groups excluding carboxylic acids is 1. The first kappa shape index (κ1) is 21.0. The van der Waals surface area contributed by atoms with Crippen LogP contribution in [-0.2, 0) is 16.1 Å². The number of benzene rings is 1. The minimum Gasteiger partial charge on any atom is -0.493 e. The fourth-order valence-electron chi connectivity index (χ4n) is 2.58. The van der Waals surface area contributed by atoms with Crippen LogP contribution in [0.2, 0.25) is 0 Å². The Kier molecular flexibility index (Phi) is 8.91. The van der Waals surface area contributed by atoms with Crippen LogP contribution in [0, 0.1) is 12.8 Å². The summed E-state index contributed by atoms with van der Waals surface area (Å²) < 4.78 is 11.0. The van der Waals surface area contributed by atoms with Gasteiger partial charge in [0.2, 0.25) is 5.91 Å². The van der Waals surface area contributed by atoms with Crippen molar-refractivity contribution >= 4 is 11.9 Å². The number of aliphatic imine (C=N–C) groups is 1. The van der Waals surface area contributed by atoms with Gasteiger partial charge in [-0.3, -0.25) is 9.79 Å². The molecule has 1 aliphatic rings. The van der Waals surface area contributed by atoms with Crippen molar-refractivity contribution in [2.45, 2.75) is 32.7 Å². The molecule has 0 atom stereocenters. The predicted octanol–water partition coefficient (Wildman–Crippen LogP) is 1.60. The Morgan fingerprint density at radius 1 is 1.19 bits per heavy atom. The molecule has 0 aliphatic heterocycles. The van der Waals surface area contributed by atoms with Gasteiger partial charge in [-0.25, -0.2) is 0 Å². The number of hydrogen-bond donors (Lipinski definition) is 3. The van der Waals surface area contributed by atoms with E-state index in [1.165, 1.54) is 0 Å². The van der Waals surface area contributed by atoms with E-state index in [4.69, 9.17) is 9.47 Å². The average molecular weight is 377 g/mol. The third-order valence-electron chi connectivity index (χ3n) is 4.31. The lowest BCUT2D eigenvalue weighted by Gasteiger charge is -2.15. The summed E-state index contributed by atoms with van der Waals surface area (Å²) in [6, 6.07) is 6.19. The predicted molar refractivity (Wildman–Crippen MR) is 107 cm³/mol.